The van der Waals surface area contributed by atoms with Crippen LogP contribution in [0.2, 0.25) is 0 Å². The summed E-state index contributed by atoms with van der Waals surface area (Å²) in [7, 11) is 3.26. The van der Waals surface area contributed by atoms with Crippen LogP contribution in [0.5, 0.6) is 11.5 Å². The van der Waals surface area contributed by atoms with Crippen LogP contribution in [-0.4, -0.2) is 46.8 Å². The van der Waals surface area contributed by atoms with Crippen LogP contribution in [0.1, 0.15) is 61.8 Å². The number of benzene rings is 1. The number of carbonyl (C=O) groups is 1. The molecule has 2 aliphatic rings. The van der Waals surface area contributed by atoms with Crippen molar-refractivity contribution in [3.63, 3.8) is 0 Å². The second-order valence-electron chi connectivity index (χ2n) is 7.79. The summed E-state index contributed by atoms with van der Waals surface area (Å²) >= 11 is 0. The normalized spacial score (nSPS) is 21.1. The van der Waals surface area contributed by atoms with Gasteiger partial charge in [-0.25, -0.2) is 4.98 Å². The molecule has 2 heterocycles. The second-order valence-corrected chi connectivity index (χ2v) is 7.79. The van der Waals surface area contributed by atoms with Gasteiger partial charge in [0.05, 0.1) is 25.7 Å². The van der Waals surface area contributed by atoms with Crippen molar-refractivity contribution in [3.05, 3.63) is 35.4 Å². The topological polar surface area (TPSA) is 80.3 Å². The zero-order valence-corrected chi connectivity index (χ0v) is 16.8. The first-order valence-electron chi connectivity index (χ1n) is 10.0. The van der Waals surface area contributed by atoms with Crippen molar-refractivity contribution < 1.29 is 14.3 Å². The first kappa shape index (κ1) is 18.8. The molecule has 1 atom stereocenters. The molecule has 4 rings (SSSR count). The van der Waals surface area contributed by atoms with Gasteiger partial charge in [0, 0.05) is 6.54 Å². The molecule has 1 aliphatic heterocycles. The summed E-state index contributed by atoms with van der Waals surface area (Å²) in [4.78, 5) is 20.4. The smallest absolute Gasteiger partial charge is 0.233 e. The Hall–Kier alpha value is -2.57. The number of hydrogen-bond donors (Lipinski definition) is 1. The summed E-state index contributed by atoms with van der Waals surface area (Å²) in [5.41, 5.74) is 0.512. The maximum absolute atomic E-state index is 13.9. The fourth-order valence-corrected chi connectivity index (χ4v) is 4.80. The van der Waals surface area contributed by atoms with Crippen LogP contribution in [0.4, 0.5) is 0 Å². The Balaban J connectivity index is 1.70. The van der Waals surface area contributed by atoms with E-state index in [1.54, 1.807) is 14.2 Å². The molecule has 2 fully saturated rings. The molecule has 28 heavy (non-hydrogen) atoms. The lowest BCUT2D eigenvalue weighted by Crippen LogP contribution is -2.45. The SMILES string of the molecule is COc1ccc(C2(C(=O)N3CCC[C@@H]3c3n[nH]c(C)n3)CCCC2)cc1OC. The zero-order chi connectivity index (χ0) is 19.7. The molecule has 7 nitrogen and oxygen atoms in total. The quantitative estimate of drug-likeness (QED) is 0.855. The molecule has 0 radical (unpaired) electrons. The number of likely N-dealkylation sites (tertiary alicyclic amines) is 1. The van der Waals surface area contributed by atoms with Crippen LogP contribution in [0, 0.1) is 6.92 Å². The molecule has 1 saturated carbocycles. The molecule has 0 unspecified atom stereocenters. The predicted octanol–water partition coefficient (Wildman–Crippen LogP) is 3.31. The highest BCUT2D eigenvalue weighted by Gasteiger charge is 2.48. The maximum atomic E-state index is 13.9. The first-order valence-corrected chi connectivity index (χ1v) is 10.0. The summed E-state index contributed by atoms with van der Waals surface area (Å²) in [6.45, 7) is 2.64. The van der Waals surface area contributed by atoms with Gasteiger partial charge < -0.3 is 14.4 Å². The fourth-order valence-electron chi connectivity index (χ4n) is 4.80. The molecular weight excluding hydrogens is 356 g/mol. The Morgan fingerprint density at radius 1 is 1.18 bits per heavy atom. The monoisotopic (exact) mass is 384 g/mol. The fraction of sp³-hybridized carbons (Fsp3) is 0.571. The molecule has 1 aliphatic carbocycles. The van der Waals surface area contributed by atoms with Gasteiger partial charge in [0.2, 0.25) is 5.91 Å². The number of aromatic nitrogens is 3. The zero-order valence-electron chi connectivity index (χ0n) is 16.8. The van der Waals surface area contributed by atoms with Crippen LogP contribution in [0.15, 0.2) is 18.2 Å². The third-order valence-corrected chi connectivity index (χ3v) is 6.23. The highest BCUT2D eigenvalue weighted by Crippen LogP contribution is 2.47. The minimum Gasteiger partial charge on any atom is -0.493 e. The lowest BCUT2D eigenvalue weighted by atomic mass is 9.77. The highest BCUT2D eigenvalue weighted by molar-refractivity contribution is 5.89. The Bertz CT molecular complexity index is 857. The van der Waals surface area contributed by atoms with Gasteiger partial charge in [-0.2, -0.15) is 5.10 Å². The van der Waals surface area contributed by atoms with Crippen LogP contribution in [0.3, 0.4) is 0 Å². The number of nitrogens with zero attached hydrogens (tertiary/aromatic N) is 3. The number of methoxy groups -OCH3 is 2. The van der Waals surface area contributed by atoms with Gasteiger partial charge in [-0.1, -0.05) is 18.9 Å². The summed E-state index contributed by atoms with van der Waals surface area (Å²) < 4.78 is 10.9. The Morgan fingerprint density at radius 3 is 2.57 bits per heavy atom. The van der Waals surface area contributed by atoms with E-state index in [9.17, 15) is 4.79 Å². The van der Waals surface area contributed by atoms with Gasteiger partial charge in [0.25, 0.3) is 0 Å². The lowest BCUT2D eigenvalue weighted by molar-refractivity contribution is -0.138. The molecule has 1 aromatic heterocycles. The average molecular weight is 384 g/mol. The standard InChI is InChI=1S/C21H28N4O3/c1-14-22-19(24-23-14)16-7-6-12-25(16)20(26)21(10-4-5-11-21)15-8-9-17(27-2)18(13-15)28-3/h8-9,13,16H,4-7,10-12H2,1-3H3,(H,22,23,24)/t16-/m1/s1. The summed E-state index contributed by atoms with van der Waals surface area (Å²) in [6, 6.07) is 5.85. The number of ether oxygens (including phenoxy) is 2. The largest absolute Gasteiger partial charge is 0.493 e. The van der Waals surface area contributed by atoms with Crippen molar-refractivity contribution in [2.24, 2.45) is 0 Å². The van der Waals surface area contributed by atoms with Crippen molar-refractivity contribution >= 4 is 5.91 Å². The number of nitrogens with one attached hydrogen (secondary N) is 1. The molecule has 0 spiro atoms. The number of amides is 1. The van der Waals surface area contributed by atoms with Crippen molar-refractivity contribution in [2.45, 2.75) is 56.9 Å². The third-order valence-electron chi connectivity index (χ3n) is 6.23. The molecule has 7 heteroatoms. The minimum atomic E-state index is -0.506. The molecule has 1 saturated heterocycles. The molecule has 2 aromatic rings. The number of H-pyrrole nitrogens is 1. The van der Waals surface area contributed by atoms with Gasteiger partial charge >= 0.3 is 0 Å². The van der Waals surface area contributed by atoms with Gasteiger partial charge in [0.1, 0.15) is 5.82 Å². The molecule has 1 aromatic carbocycles. The van der Waals surface area contributed by atoms with E-state index in [0.29, 0.717) is 11.5 Å². The first-order chi connectivity index (χ1) is 13.6. The minimum absolute atomic E-state index is 0.0462. The average Bonchev–Trinajstić information content (AvgIpc) is 3.47. The van der Waals surface area contributed by atoms with Crippen molar-refractivity contribution in [1.82, 2.24) is 20.1 Å². The van der Waals surface area contributed by atoms with Crippen LogP contribution in [-0.2, 0) is 10.2 Å². The van der Waals surface area contributed by atoms with E-state index in [0.717, 1.165) is 62.3 Å². The van der Waals surface area contributed by atoms with E-state index in [-0.39, 0.29) is 11.9 Å². The van der Waals surface area contributed by atoms with E-state index in [1.807, 2.05) is 30.0 Å². The van der Waals surface area contributed by atoms with E-state index in [4.69, 9.17) is 9.47 Å². The maximum Gasteiger partial charge on any atom is 0.233 e. The molecule has 1 amide bonds. The van der Waals surface area contributed by atoms with E-state index in [2.05, 4.69) is 15.2 Å². The molecule has 0 bridgehead atoms. The highest BCUT2D eigenvalue weighted by atomic mass is 16.5. The van der Waals surface area contributed by atoms with Crippen molar-refractivity contribution in [3.8, 4) is 11.5 Å². The van der Waals surface area contributed by atoms with Crippen LogP contribution in [0.25, 0.3) is 0 Å². The Morgan fingerprint density at radius 2 is 1.93 bits per heavy atom. The second kappa shape index (κ2) is 7.45. The van der Waals surface area contributed by atoms with Gasteiger partial charge in [-0.15, -0.1) is 0 Å². The number of hydrogen-bond acceptors (Lipinski definition) is 5. The van der Waals surface area contributed by atoms with Gasteiger partial charge in [0.15, 0.2) is 17.3 Å². The van der Waals surface area contributed by atoms with Crippen LogP contribution >= 0.6 is 0 Å². The summed E-state index contributed by atoms with van der Waals surface area (Å²) in [5.74, 6) is 3.06. The van der Waals surface area contributed by atoms with Crippen molar-refractivity contribution in [2.75, 3.05) is 20.8 Å². The van der Waals surface area contributed by atoms with E-state index < -0.39 is 5.41 Å². The van der Waals surface area contributed by atoms with Gasteiger partial charge in [-0.05, 0) is 50.3 Å². The molecule has 1 N–H and O–H groups in total. The van der Waals surface area contributed by atoms with Crippen molar-refractivity contribution in [1.29, 1.82) is 0 Å². The van der Waals surface area contributed by atoms with E-state index >= 15 is 0 Å². The third kappa shape index (κ3) is 3.02. The Labute approximate surface area is 165 Å². The number of carbonyl (C=O) groups excluding carboxylic acids is 1. The predicted molar refractivity (Wildman–Crippen MR) is 104 cm³/mol. The summed E-state index contributed by atoms with van der Waals surface area (Å²) in [6.07, 6.45) is 5.71. The Kier molecular flexibility index (Phi) is 5.00. The number of rotatable bonds is 5. The summed E-state index contributed by atoms with van der Waals surface area (Å²) in [5, 5.41) is 7.25. The van der Waals surface area contributed by atoms with E-state index in [1.165, 1.54) is 0 Å². The molecule has 150 valence electrons. The lowest BCUT2D eigenvalue weighted by Gasteiger charge is -2.35. The number of aromatic amines is 1. The number of aryl methyl sites for hydroxylation is 1. The van der Waals surface area contributed by atoms with Gasteiger partial charge in [-0.3, -0.25) is 9.89 Å². The molecular formula is C21H28N4O3. The van der Waals surface area contributed by atoms with Crippen LogP contribution < -0.4 is 9.47 Å².